The highest BCUT2D eigenvalue weighted by Crippen LogP contribution is 2.35. The predicted molar refractivity (Wildman–Crippen MR) is 249 cm³/mol. The monoisotopic (exact) mass is 956 g/mol. The van der Waals surface area contributed by atoms with Gasteiger partial charge in [0.15, 0.2) is 0 Å². The Kier molecular flexibility index (Phi) is 20.4. The molecule has 18 nitrogen and oxygen atoms in total. The molecule has 2 aliphatic rings. The summed E-state index contributed by atoms with van der Waals surface area (Å²) >= 11 is 13.6. The quantitative estimate of drug-likeness (QED) is 0.0862. The number of carbonyl (C=O) groups excluding carboxylic acids is 2. The van der Waals surface area contributed by atoms with Gasteiger partial charge < -0.3 is 19.3 Å². The van der Waals surface area contributed by atoms with Gasteiger partial charge in [0.25, 0.3) is 11.8 Å². The van der Waals surface area contributed by atoms with E-state index < -0.39 is 11.8 Å². The van der Waals surface area contributed by atoms with Crippen molar-refractivity contribution in [3.8, 4) is 33.8 Å². The molecule has 0 radical (unpaired) electrons. The molecule has 0 spiro atoms. The Labute approximate surface area is 387 Å². The molecular formula is C42H50Cl2N10O8S2. The number of halogens is 2. The van der Waals surface area contributed by atoms with E-state index in [4.69, 9.17) is 42.5 Å². The molecular weight excluding hydrogens is 908 g/mol. The SMILES string of the molecule is CC.CC1CCCO1.CCc1cc(-c2cc(Cl)ncc2OC)c(C(=O)Nc2n[nH]c(=O)s2)cn1.COc1cnc(Cl)cc1-c1cc(C)ncc1C(=O)Nc1n[nH]c(=O)s1.OC1CCC1. The molecule has 8 rings (SSSR count). The molecule has 5 N–H and O–H groups in total. The van der Waals surface area contributed by atoms with Crippen molar-refractivity contribution in [2.75, 3.05) is 31.5 Å². The van der Waals surface area contributed by atoms with Crippen LogP contribution in [0.3, 0.4) is 0 Å². The van der Waals surface area contributed by atoms with Crippen LogP contribution in [0, 0.1) is 6.92 Å². The number of methoxy groups -OCH3 is 2. The summed E-state index contributed by atoms with van der Waals surface area (Å²) in [6.07, 6.45) is 13.1. The maximum atomic E-state index is 12.7. The van der Waals surface area contributed by atoms with Gasteiger partial charge >= 0.3 is 9.75 Å². The van der Waals surface area contributed by atoms with Gasteiger partial charge in [-0.2, -0.15) is 0 Å². The minimum atomic E-state index is -0.458. The minimum Gasteiger partial charge on any atom is -0.494 e. The topological polar surface area (TPSA) is 249 Å². The summed E-state index contributed by atoms with van der Waals surface area (Å²) in [5, 5.41) is 26.4. The Morgan fingerprint density at radius 2 is 1.25 bits per heavy atom. The number of aliphatic hydroxyl groups is 1. The van der Waals surface area contributed by atoms with Crippen molar-refractivity contribution in [2.24, 2.45) is 0 Å². The van der Waals surface area contributed by atoms with E-state index in [-0.39, 0.29) is 42.0 Å². The fourth-order valence-corrected chi connectivity index (χ4v) is 6.98. The number of aromatic amines is 2. The van der Waals surface area contributed by atoms with Crippen LogP contribution in [-0.2, 0) is 11.2 Å². The second-order valence-electron chi connectivity index (χ2n) is 13.5. The minimum absolute atomic E-state index is 0.0648. The predicted octanol–water partition coefficient (Wildman–Crippen LogP) is 8.02. The van der Waals surface area contributed by atoms with Crippen molar-refractivity contribution in [3.63, 3.8) is 0 Å². The van der Waals surface area contributed by atoms with E-state index in [1.807, 2.05) is 20.8 Å². The molecule has 2 amide bonds. The standard InChI is InChI=1S/C16H14ClN5O3S.C15H12ClN5O3S.C5H10O.C4H8O.C2H6/c1-3-8-4-9(10-5-13(17)19-7-12(10)25-2)11(6-18-8)14(23)20-15-21-22-16(24)26-15;1-7-3-8(9-4-12(16)18-6-11(9)24-2)10(5-17-7)13(22)19-14-20-21-15(23)25-14;1-5-3-2-4-6-5;5-4-2-1-3-4;1-2/h4-7H,3H2,1-2H3,(H,22,24)(H,20,21,23);3-6H,1-2H3,(H,21,23)(H,19,20,22);5H,2-4H2,1H3;4-5H,1-3H2;1-2H3. The van der Waals surface area contributed by atoms with Crippen LogP contribution in [-0.4, -0.2) is 90.3 Å². The number of anilines is 2. The van der Waals surface area contributed by atoms with Gasteiger partial charge in [0.1, 0.15) is 21.8 Å². The van der Waals surface area contributed by atoms with Crippen molar-refractivity contribution in [1.29, 1.82) is 0 Å². The summed E-state index contributed by atoms with van der Waals surface area (Å²) in [7, 11) is 3.01. The van der Waals surface area contributed by atoms with Crippen LogP contribution >= 0.6 is 45.9 Å². The normalized spacial score (nSPS) is 13.8. The van der Waals surface area contributed by atoms with Crippen LogP contribution in [0.4, 0.5) is 10.3 Å². The first-order valence-corrected chi connectivity index (χ1v) is 22.6. The van der Waals surface area contributed by atoms with E-state index >= 15 is 0 Å². The Bertz CT molecular complexity index is 2580. The summed E-state index contributed by atoms with van der Waals surface area (Å²) in [6, 6.07) is 6.78. The lowest BCUT2D eigenvalue weighted by Crippen LogP contribution is -2.15. The maximum absolute atomic E-state index is 12.7. The van der Waals surface area contributed by atoms with E-state index in [0.717, 1.165) is 47.8 Å². The van der Waals surface area contributed by atoms with Gasteiger partial charge in [-0.25, -0.2) is 20.2 Å². The molecule has 64 heavy (non-hydrogen) atoms. The summed E-state index contributed by atoms with van der Waals surface area (Å²) < 4.78 is 15.8. The highest BCUT2D eigenvalue weighted by Gasteiger charge is 2.21. The number of nitrogens with zero attached hydrogens (tertiary/aromatic N) is 6. The number of ether oxygens (including phenoxy) is 3. The Balaban J connectivity index is 0.000000219. The number of nitrogens with one attached hydrogen (secondary N) is 4. The number of hydrogen-bond acceptors (Lipinski definition) is 16. The number of rotatable bonds is 9. The molecule has 1 atom stereocenters. The first-order valence-electron chi connectivity index (χ1n) is 20.2. The molecule has 1 unspecified atom stereocenters. The summed E-state index contributed by atoms with van der Waals surface area (Å²) in [6.45, 7) is 10.9. The molecule has 1 saturated heterocycles. The maximum Gasteiger partial charge on any atom is 0.324 e. The van der Waals surface area contributed by atoms with Crippen LogP contribution in [0.25, 0.3) is 22.3 Å². The average molecular weight is 958 g/mol. The molecule has 0 aromatic carbocycles. The number of amides is 2. The number of pyridine rings is 4. The van der Waals surface area contributed by atoms with Gasteiger partial charge in [-0.05, 0) is 99.3 Å². The molecule has 7 heterocycles. The van der Waals surface area contributed by atoms with Gasteiger partial charge in [-0.3, -0.25) is 39.8 Å². The molecule has 2 fully saturated rings. The molecule has 6 aromatic rings. The van der Waals surface area contributed by atoms with Gasteiger partial charge in [-0.15, -0.1) is 10.2 Å². The number of hydrogen-bond donors (Lipinski definition) is 5. The molecule has 342 valence electrons. The highest BCUT2D eigenvalue weighted by atomic mass is 35.5. The number of H-pyrrole nitrogens is 2. The van der Waals surface area contributed by atoms with Gasteiger partial charge in [0.05, 0.1) is 49.9 Å². The number of aryl methyl sites for hydroxylation is 2. The van der Waals surface area contributed by atoms with Crippen molar-refractivity contribution < 1.29 is 28.9 Å². The van der Waals surface area contributed by atoms with Crippen LogP contribution < -0.4 is 29.9 Å². The third-order valence-corrected chi connectivity index (χ3v) is 10.8. The van der Waals surface area contributed by atoms with Crippen LogP contribution in [0.15, 0.2) is 58.6 Å². The van der Waals surface area contributed by atoms with Crippen molar-refractivity contribution >= 4 is 68.0 Å². The molecule has 22 heteroatoms. The second kappa shape index (κ2) is 25.6. The molecule has 6 aromatic heterocycles. The summed E-state index contributed by atoms with van der Waals surface area (Å²) in [5.74, 6) is 0.0303. The van der Waals surface area contributed by atoms with Gasteiger partial charge in [0, 0.05) is 52.6 Å². The lowest BCUT2D eigenvalue weighted by molar-refractivity contribution is 0.0949. The second-order valence-corrected chi connectivity index (χ2v) is 16.2. The molecule has 1 aliphatic heterocycles. The summed E-state index contributed by atoms with van der Waals surface area (Å²) in [5.41, 5.74) is 4.49. The zero-order valence-corrected chi connectivity index (χ0v) is 39.4. The van der Waals surface area contributed by atoms with Crippen LogP contribution in [0.2, 0.25) is 10.3 Å². The highest BCUT2D eigenvalue weighted by molar-refractivity contribution is 7.13. The zero-order valence-electron chi connectivity index (χ0n) is 36.3. The van der Waals surface area contributed by atoms with Crippen molar-refractivity contribution in [3.05, 3.63) is 101 Å². The number of carbonyl (C=O) groups is 2. The van der Waals surface area contributed by atoms with Crippen LogP contribution in [0.1, 0.15) is 91.9 Å². The first kappa shape index (κ1) is 51.0. The lowest BCUT2D eigenvalue weighted by Gasteiger charge is -2.17. The van der Waals surface area contributed by atoms with Crippen molar-refractivity contribution in [2.45, 2.75) is 85.4 Å². The smallest absolute Gasteiger partial charge is 0.324 e. The Hall–Kier alpha value is -5.64. The van der Waals surface area contributed by atoms with E-state index in [2.05, 4.69) is 57.9 Å². The number of aliphatic hydroxyl groups excluding tert-OH is 1. The fourth-order valence-electron chi connectivity index (χ4n) is 5.66. The molecule has 1 saturated carbocycles. The molecule has 0 bridgehead atoms. The third-order valence-electron chi connectivity index (χ3n) is 9.09. The van der Waals surface area contributed by atoms with E-state index in [1.165, 1.54) is 58.3 Å². The fraction of sp³-hybridized carbons (Fsp3) is 0.381. The van der Waals surface area contributed by atoms with E-state index in [1.54, 1.807) is 31.2 Å². The summed E-state index contributed by atoms with van der Waals surface area (Å²) in [4.78, 5) is 63.4. The first-order chi connectivity index (χ1) is 30.8. The third kappa shape index (κ3) is 15.0. The number of aromatic nitrogens is 8. The largest absolute Gasteiger partial charge is 0.494 e. The van der Waals surface area contributed by atoms with E-state index in [0.29, 0.717) is 57.5 Å². The lowest BCUT2D eigenvalue weighted by atomic mass is 9.97. The van der Waals surface area contributed by atoms with Crippen molar-refractivity contribution in [1.82, 2.24) is 40.3 Å². The van der Waals surface area contributed by atoms with E-state index in [9.17, 15) is 19.2 Å². The average Bonchev–Trinajstić information content (AvgIpc) is 4.06. The van der Waals surface area contributed by atoms with Gasteiger partial charge in [-0.1, -0.05) is 44.0 Å². The molecule has 1 aliphatic carbocycles. The zero-order chi connectivity index (χ0) is 46.8. The van der Waals surface area contributed by atoms with Gasteiger partial charge in [0.2, 0.25) is 10.3 Å². The Morgan fingerprint density at radius 3 is 1.61 bits per heavy atom. The Morgan fingerprint density at radius 1 is 0.766 bits per heavy atom. The van der Waals surface area contributed by atoms with Crippen LogP contribution in [0.5, 0.6) is 11.5 Å².